The lowest BCUT2D eigenvalue weighted by molar-refractivity contribution is -0.134. The minimum Gasteiger partial charge on any atom is -0.494 e. The number of ketones is 1. The maximum Gasteiger partial charge on any atom is 0.222 e. The number of para-hydroxylation sites is 1. The molecule has 1 aliphatic rings. The number of ether oxygens (including phenoxy) is 1. The second-order valence-corrected chi connectivity index (χ2v) is 4.68. The molecule has 0 radical (unpaired) electrons. The van der Waals surface area contributed by atoms with E-state index in [1.54, 1.807) is 4.90 Å². The van der Waals surface area contributed by atoms with Crippen LogP contribution in [-0.4, -0.2) is 36.3 Å². The van der Waals surface area contributed by atoms with Crippen molar-refractivity contribution in [3.8, 4) is 5.75 Å². The highest BCUT2D eigenvalue weighted by molar-refractivity contribution is 5.83. The summed E-state index contributed by atoms with van der Waals surface area (Å²) in [5.41, 5.74) is 0. The summed E-state index contributed by atoms with van der Waals surface area (Å²) in [7, 11) is 0. The number of carbonyl (C=O) groups excluding carboxylic acids is 2. The van der Waals surface area contributed by atoms with E-state index >= 15 is 0 Å². The average Bonchev–Trinajstić information content (AvgIpc) is 2.45. The van der Waals surface area contributed by atoms with E-state index in [2.05, 4.69) is 0 Å². The molecule has 0 spiro atoms. The van der Waals surface area contributed by atoms with E-state index in [9.17, 15) is 9.59 Å². The highest BCUT2D eigenvalue weighted by Gasteiger charge is 2.19. The zero-order chi connectivity index (χ0) is 13.5. The number of hydrogen-bond donors (Lipinski definition) is 0. The first-order valence-corrected chi connectivity index (χ1v) is 6.73. The van der Waals surface area contributed by atoms with Gasteiger partial charge in [-0.2, -0.15) is 0 Å². The molecule has 0 unspecified atom stereocenters. The second-order valence-electron chi connectivity index (χ2n) is 4.68. The number of carbonyl (C=O) groups is 2. The van der Waals surface area contributed by atoms with E-state index in [0.29, 0.717) is 45.4 Å². The van der Waals surface area contributed by atoms with Gasteiger partial charge in [0.2, 0.25) is 5.91 Å². The fourth-order valence-corrected chi connectivity index (χ4v) is 2.09. The molecule has 1 aromatic carbocycles. The Bertz CT molecular complexity index is 420. The predicted octanol–water partition coefficient (Wildman–Crippen LogP) is 2.04. The molecule has 1 aromatic rings. The molecule has 4 nitrogen and oxygen atoms in total. The number of amides is 1. The molecule has 0 bridgehead atoms. The first-order valence-electron chi connectivity index (χ1n) is 6.73. The molecule has 102 valence electrons. The third-order valence-electron chi connectivity index (χ3n) is 3.22. The van der Waals surface area contributed by atoms with Gasteiger partial charge < -0.3 is 9.64 Å². The van der Waals surface area contributed by atoms with Gasteiger partial charge in [-0.3, -0.25) is 9.59 Å². The van der Waals surface area contributed by atoms with Gasteiger partial charge >= 0.3 is 0 Å². The molecule has 1 amide bonds. The van der Waals surface area contributed by atoms with Crippen molar-refractivity contribution in [1.29, 1.82) is 0 Å². The van der Waals surface area contributed by atoms with Crippen molar-refractivity contribution >= 4 is 11.7 Å². The Hall–Kier alpha value is -1.84. The summed E-state index contributed by atoms with van der Waals surface area (Å²) in [5.74, 6) is 1.22. The number of rotatable bonds is 5. The van der Waals surface area contributed by atoms with Crippen LogP contribution in [-0.2, 0) is 9.59 Å². The van der Waals surface area contributed by atoms with Gasteiger partial charge in [0.1, 0.15) is 11.5 Å². The van der Waals surface area contributed by atoms with Crippen molar-refractivity contribution in [1.82, 2.24) is 4.90 Å². The van der Waals surface area contributed by atoms with E-state index < -0.39 is 0 Å². The molecule has 2 rings (SSSR count). The molecule has 1 heterocycles. The number of benzene rings is 1. The van der Waals surface area contributed by atoms with Crippen LogP contribution in [0.25, 0.3) is 0 Å². The SMILES string of the molecule is O=C1CCN(C(=O)CCCOc2ccccc2)CC1. The summed E-state index contributed by atoms with van der Waals surface area (Å²) in [4.78, 5) is 24.7. The molecule has 1 fully saturated rings. The van der Waals surface area contributed by atoms with Crippen molar-refractivity contribution < 1.29 is 14.3 Å². The van der Waals surface area contributed by atoms with Gasteiger partial charge in [-0.25, -0.2) is 0 Å². The maximum absolute atomic E-state index is 11.9. The topological polar surface area (TPSA) is 46.6 Å². The van der Waals surface area contributed by atoms with Gasteiger partial charge in [0.05, 0.1) is 6.61 Å². The summed E-state index contributed by atoms with van der Waals surface area (Å²) in [6, 6.07) is 9.58. The third kappa shape index (κ3) is 4.39. The van der Waals surface area contributed by atoms with Gasteiger partial charge in [-0.1, -0.05) is 18.2 Å². The Balaban J connectivity index is 1.63. The van der Waals surface area contributed by atoms with Crippen LogP contribution in [0.4, 0.5) is 0 Å². The number of nitrogens with zero attached hydrogens (tertiary/aromatic N) is 1. The van der Waals surface area contributed by atoms with Gasteiger partial charge in [0, 0.05) is 32.4 Å². The summed E-state index contributed by atoms with van der Waals surface area (Å²) in [6.45, 7) is 1.71. The van der Waals surface area contributed by atoms with Crippen LogP contribution < -0.4 is 4.74 Å². The fraction of sp³-hybridized carbons (Fsp3) is 0.467. The van der Waals surface area contributed by atoms with Crippen LogP contribution in [0.15, 0.2) is 30.3 Å². The Morgan fingerprint density at radius 1 is 1.16 bits per heavy atom. The Labute approximate surface area is 113 Å². The summed E-state index contributed by atoms with van der Waals surface area (Å²) in [6.07, 6.45) is 2.21. The van der Waals surface area contributed by atoms with Gasteiger partial charge in [-0.15, -0.1) is 0 Å². The lowest BCUT2D eigenvalue weighted by Gasteiger charge is -2.26. The summed E-state index contributed by atoms with van der Waals surface area (Å²) < 4.78 is 5.54. The van der Waals surface area contributed by atoms with Gasteiger partial charge in [0.25, 0.3) is 0 Å². The van der Waals surface area contributed by atoms with Crippen molar-refractivity contribution in [3.63, 3.8) is 0 Å². The standard InChI is InChI=1S/C15H19NO3/c17-13-8-10-16(11-9-13)15(18)7-4-12-19-14-5-2-1-3-6-14/h1-3,5-6H,4,7-12H2. The molecule has 0 aliphatic carbocycles. The first-order chi connectivity index (χ1) is 9.25. The first kappa shape index (κ1) is 13.6. The Morgan fingerprint density at radius 2 is 1.84 bits per heavy atom. The lowest BCUT2D eigenvalue weighted by Crippen LogP contribution is -2.38. The van der Waals surface area contributed by atoms with Crippen LogP contribution in [0.3, 0.4) is 0 Å². The van der Waals surface area contributed by atoms with Crippen LogP contribution in [0.2, 0.25) is 0 Å². The molecule has 1 aliphatic heterocycles. The average molecular weight is 261 g/mol. The third-order valence-corrected chi connectivity index (χ3v) is 3.22. The predicted molar refractivity (Wildman–Crippen MR) is 72.0 cm³/mol. The van der Waals surface area contributed by atoms with Crippen molar-refractivity contribution in [2.24, 2.45) is 0 Å². The molecular weight excluding hydrogens is 242 g/mol. The summed E-state index contributed by atoms with van der Waals surface area (Å²) >= 11 is 0. The van der Waals surface area contributed by atoms with Crippen LogP contribution in [0.5, 0.6) is 5.75 Å². The molecule has 1 saturated heterocycles. The van der Waals surface area contributed by atoms with E-state index in [1.807, 2.05) is 30.3 Å². The van der Waals surface area contributed by atoms with Gasteiger partial charge in [-0.05, 0) is 18.6 Å². The minimum absolute atomic E-state index is 0.129. The van der Waals surface area contributed by atoms with Crippen LogP contribution in [0.1, 0.15) is 25.7 Å². The lowest BCUT2D eigenvalue weighted by atomic mass is 10.1. The monoisotopic (exact) mass is 261 g/mol. The molecule has 0 saturated carbocycles. The molecular formula is C15H19NO3. The largest absolute Gasteiger partial charge is 0.494 e. The quantitative estimate of drug-likeness (QED) is 0.762. The van der Waals surface area contributed by atoms with E-state index in [4.69, 9.17) is 4.74 Å². The van der Waals surface area contributed by atoms with Crippen molar-refractivity contribution in [2.45, 2.75) is 25.7 Å². The van der Waals surface area contributed by atoms with Crippen LogP contribution in [0, 0.1) is 0 Å². The fourth-order valence-electron chi connectivity index (χ4n) is 2.09. The number of Topliss-reactive ketones (excluding diaryl/α,β-unsaturated/α-hetero) is 1. The van der Waals surface area contributed by atoms with Gasteiger partial charge in [0.15, 0.2) is 0 Å². The van der Waals surface area contributed by atoms with Crippen LogP contribution >= 0.6 is 0 Å². The zero-order valence-corrected chi connectivity index (χ0v) is 11.0. The maximum atomic E-state index is 11.9. The number of piperidine rings is 1. The van der Waals surface area contributed by atoms with Crippen molar-refractivity contribution in [3.05, 3.63) is 30.3 Å². The Kier molecular flexibility index (Phi) is 4.95. The molecule has 0 aromatic heterocycles. The van der Waals surface area contributed by atoms with E-state index in [0.717, 1.165) is 5.75 Å². The molecule has 0 N–H and O–H groups in total. The highest BCUT2D eigenvalue weighted by Crippen LogP contribution is 2.11. The molecule has 4 heteroatoms. The zero-order valence-electron chi connectivity index (χ0n) is 11.0. The summed E-state index contributed by atoms with van der Waals surface area (Å²) in [5, 5.41) is 0. The molecule has 19 heavy (non-hydrogen) atoms. The number of likely N-dealkylation sites (tertiary alicyclic amines) is 1. The minimum atomic E-state index is 0.129. The van der Waals surface area contributed by atoms with E-state index in [1.165, 1.54) is 0 Å². The van der Waals surface area contributed by atoms with Crippen molar-refractivity contribution in [2.75, 3.05) is 19.7 Å². The second kappa shape index (κ2) is 6.92. The normalized spacial score (nSPS) is 15.4. The number of hydrogen-bond acceptors (Lipinski definition) is 3. The highest BCUT2D eigenvalue weighted by atomic mass is 16.5. The smallest absolute Gasteiger partial charge is 0.222 e. The molecule has 0 atom stereocenters. The Morgan fingerprint density at radius 3 is 2.53 bits per heavy atom. The van der Waals surface area contributed by atoms with E-state index in [-0.39, 0.29) is 11.7 Å².